The Bertz CT molecular complexity index is 702. The molecule has 4 bridgehead atoms. The van der Waals surface area contributed by atoms with E-state index < -0.39 is 0 Å². The fraction of sp³-hybridized carbons (Fsp3) is 0.609. The van der Waals surface area contributed by atoms with Crippen LogP contribution in [-0.2, 0) is 5.41 Å². The predicted molar refractivity (Wildman–Crippen MR) is 101 cm³/mol. The van der Waals surface area contributed by atoms with E-state index >= 15 is 0 Å². The van der Waals surface area contributed by atoms with Gasteiger partial charge in [0.25, 0.3) is 0 Å². The standard InChI is InChI=1S/C23H29NO/c1-15(2)25-22-5-4-20(16(3)6-7-24)11-21(22)23-12-17-8-18(13-23)10-19(9-17)14-23/h4-6,11,15,17-19H,8-10,12-14H2,1-3H3/b16-6-. The fourth-order valence-electron chi connectivity index (χ4n) is 6.17. The number of ether oxygens (including phenoxy) is 1. The van der Waals surface area contributed by atoms with Crippen LogP contribution in [0.5, 0.6) is 5.75 Å². The van der Waals surface area contributed by atoms with Crippen LogP contribution in [0.15, 0.2) is 24.3 Å². The van der Waals surface area contributed by atoms with E-state index in [0.29, 0.717) is 5.41 Å². The number of nitrogens with zero attached hydrogens (tertiary/aromatic N) is 1. The number of hydrogen-bond acceptors (Lipinski definition) is 2. The summed E-state index contributed by atoms with van der Waals surface area (Å²) in [6, 6.07) is 8.78. The Morgan fingerprint density at radius 2 is 1.76 bits per heavy atom. The average molecular weight is 335 g/mol. The molecule has 0 aliphatic heterocycles. The second-order valence-corrected chi connectivity index (χ2v) is 9.03. The van der Waals surface area contributed by atoms with Gasteiger partial charge < -0.3 is 4.74 Å². The van der Waals surface area contributed by atoms with Crippen molar-refractivity contribution in [3.05, 3.63) is 35.4 Å². The van der Waals surface area contributed by atoms with Crippen molar-refractivity contribution < 1.29 is 4.74 Å². The van der Waals surface area contributed by atoms with Gasteiger partial charge in [0.15, 0.2) is 0 Å². The molecule has 4 aliphatic carbocycles. The van der Waals surface area contributed by atoms with E-state index in [2.05, 4.69) is 38.1 Å². The number of nitriles is 1. The van der Waals surface area contributed by atoms with E-state index in [0.717, 1.165) is 29.1 Å². The molecular formula is C23H29NO. The largest absolute Gasteiger partial charge is 0.491 e. The predicted octanol–water partition coefficient (Wildman–Crippen LogP) is 5.87. The lowest BCUT2D eigenvalue weighted by Crippen LogP contribution is -2.48. The topological polar surface area (TPSA) is 33.0 Å². The normalized spacial score (nSPS) is 33.6. The van der Waals surface area contributed by atoms with Gasteiger partial charge in [-0.15, -0.1) is 0 Å². The van der Waals surface area contributed by atoms with Crippen molar-refractivity contribution in [1.29, 1.82) is 5.26 Å². The lowest BCUT2D eigenvalue weighted by atomic mass is 9.48. The van der Waals surface area contributed by atoms with Gasteiger partial charge in [0.1, 0.15) is 5.75 Å². The van der Waals surface area contributed by atoms with Crippen LogP contribution in [0.3, 0.4) is 0 Å². The monoisotopic (exact) mass is 335 g/mol. The summed E-state index contributed by atoms with van der Waals surface area (Å²) in [5, 5.41) is 9.02. The molecule has 0 radical (unpaired) electrons. The molecule has 0 atom stereocenters. The van der Waals surface area contributed by atoms with Crippen molar-refractivity contribution in [1.82, 2.24) is 0 Å². The smallest absolute Gasteiger partial charge is 0.123 e. The van der Waals surface area contributed by atoms with Gasteiger partial charge in [0, 0.05) is 11.6 Å². The summed E-state index contributed by atoms with van der Waals surface area (Å²) < 4.78 is 6.25. The molecule has 25 heavy (non-hydrogen) atoms. The summed E-state index contributed by atoms with van der Waals surface area (Å²) in [5.41, 5.74) is 3.94. The van der Waals surface area contributed by atoms with Crippen molar-refractivity contribution >= 4 is 5.57 Å². The van der Waals surface area contributed by atoms with E-state index in [-0.39, 0.29) is 6.10 Å². The maximum absolute atomic E-state index is 9.02. The highest BCUT2D eigenvalue weighted by Gasteiger charge is 2.52. The second kappa shape index (κ2) is 6.20. The van der Waals surface area contributed by atoms with E-state index in [1.807, 2.05) is 6.92 Å². The minimum atomic E-state index is 0.189. The van der Waals surface area contributed by atoms with Gasteiger partial charge in [-0.1, -0.05) is 6.07 Å². The molecule has 1 aromatic rings. The third-order valence-electron chi connectivity index (χ3n) is 6.69. The highest BCUT2D eigenvalue weighted by molar-refractivity contribution is 5.68. The summed E-state index contributed by atoms with van der Waals surface area (Å²) in [4.78, 5) is 0. The maximum atomic E-state index is 9.02. The highest BCUT2D eigenvalue weighted by Crippen LogP contribution is 2.62. The van der Waals surface area contributed by atoms with Gasteiger partial charge in [-0.3, -0.25) is 0 Å². The summed E-state index contributed by atoms with van der Waals surface area (Å²) in [7, 11) is 0. The third kappa shape index (κ3) is 2.99. The van der Waals surface area contributed by atoms with Crippen molar-refractivity contribution in [2.24, 2.45) is 17.8 Å². The van der Waals surface area contributed by atoms with Gasteiger partial charge >= 0.3 is 0 Å². The molecule has 4 fully saturated rings. The van der Waals surface area contributed by atoms with Gasteiger partial charge in [-0.05, 0) is 106 Å². The molecular weight excluding hydrogens is 306 g/mol. The van der Waals surface area contributed by atoms with Crippen LogP contribution < -0.4 is 4.74 Å². The summed E-state index contributed by atoms with van der Waals surface area (Å²) in [6.07, 6.45) is 10.2. The molecule has 2 heteroatoms. The van der Waals surface area contributed by atoms with Gasteiger partial charge in [-0.2, -0.15) is 5.26 Å². The Morgan fingerprint density at radius 3 is 2.28 bits per heavy atom. The molecule has 0 aromatic heterocycles. The quantitative estimate of drug-likeness (QED) is 0.645. The minimum absolute atomic E-state index is 0.189. The summed E-state index contributed by atoms with van der Waals surface area (Å²) in [6.45, 7) is 6.25. The molecule has 0 N–H and O–H groups in total. The molecule has 4 saturated carbocycles. The first-order valence-electron chi connectivity index (χ1n) is 9.87. The number of hydrogen-bond donors (Lipinski definition) is 0. The van der Waals surface area contributed by atoms with Crippen LogP contribution in [0, 0.1) is 29.1 Å². The Labute approximate surface area is 151 Å². The number of rotatable bonds is 4. The van der Waals surface area contributed by atoms with E-state index in [4.69, 9.17) is 10.00 Å². The molecule has 132 valence electrons. The molecule has 0 heterocycles. The van der Waals surface area contributed by atoms with Crippen molar-refractivity contribution in [3.8, 4) is 11.8 Å². The molecule has 0 amide bonds. The average Bonchev–Trinajstić information content (AvgIpc) is 2.53. The Kier molecular flexibility index (Phi) is 4.14. The van der Waals surface area contributed by atoms with Crippen LogP contribution in [0.4, 0.5) is 0 Å². The molecule has 4 aliphatic rings. The van der Waals surface area contributed by atoms with E-state index in [9.17, 15) is 0 Å². The van der Waals surface area contributed by atoms with Crippen LogP contribution in [-0.4, -0.2) is 6.10 Å². The highest BCUT2D eigenvalue weighted by atomic mass is 16.5. The number of benzene rings is 1. The second-order valence-electron chi connectivity index (χ2n) is 9.03. The van der Waals surface area contributed by atoms with Crippen molar-refractivity contribution in [2.75, 3.05) is 0 Å². The molecule has 0 spiro atoms. The lowest BCUT2D eigenvalue weighted by molar-refractivity contribution is -0.00671. The Hall–Kier alpha value is -1.75. The molecule has 0 saturated heterocycles. The zero-order valence-corrected chi connectivity index (χ0v) is 15.7. The van der Waals surface area contributed by atoms with Crippen LogP contribution >= 0.6 is 0 Å². The van der Waals surface area contributed by atoms with Gasteiger partial charge in [0.2, 0.25) is 0 Å². The van der Waals surface area contributed by atoms with Crippen LogP contribution in [0.2, 0.25) is 0 Å². The van der Waals surface area contributed by atoms with Gasteiger partial charge in [0.05, 0.1) is 12.2 Å². The molecule has 5 rings (SSSR count). The Balaban J connectivity index is 1.79. The molecule has 1 aromatic carbocycles. The summed E-state index contributed by atoms with van der Waals surface area (Å²) >= 11 is 0. The first kappa shape index (κ1) is 16.7. The number of allylic oxidation sites excluding steroid dienone is 2. The maximum Gasteiger partial charge on any atom is 0.123 e. The van der Waals surface area contributed by atoms with E-state index in [1.165, 1.54) is 49.7 Å². The fourth-order valence-corrected chi connectivity index (χ4v) is 6.17. The SMILES string of the molecule is C/C(=C/C#N)c1ccc(OC(C)C)c(C23CC4CC(CC(C4)C2)C3)c1. The molecule has 0 unspecified atom stereocenters. The zero-order valence-electron chi connectivity index (χ0n) is 15.7. The summed E-state index contributed by atoms with van der Waals surface area (Å²) in [5.74, 6) is 3.82. The first-order valence-corrected chi connectivity index (χ1v) is 9.87. The Morgan fingerprint density at radius 1 is 1.16 bits per heavy atom. The van der Waals surface area contributed by atoms with Crippen LogP contribution in [0.1, 0.15) is 70.4 Å². The third-order valence-corrected chi connectivity index (χ3v) is 6.69. The first-order chi connectivity index (χ1) is 12.0. The van der Waals surface area contributed by atoms with Gasteiger partial charge in [-0.25, -0.2) is 0 Å². The van der Waals surface area contributed by atoms with Crippen molar-refractivity contribution in [3.63, 3.8) is 0 Å². The minimum Gasteiger partial charge on any atom is -0.491 e. The van der Waals surface area contributed by atoms with E-state index in [1.54, 1.807) is 6.08 Å². The lowest BCUT2D eigenvalue weighted by Gasteiger charge is -2.57. The van der Waals surface area contributed by atoms with Crippen LogP contribution in [0.25, 0.3) is 5.57 Å². The molecule has 2 nitrogen and oxygen atoms in total. The van der Waals surface area contributed by atoms with Crippen molar-refractivity contribution in [2.45, 2.75) is 70.8 Å². The zero-order chi connectivity index (χ0) is 17.6.